The van der Waals surface area contributed by atoms with E-state index in [0.717, 1.165) is 29.6 Å². The lowest BCUT2D eigenvalue weighted by Crippen LogP contribution is -2.21. The van der Waals surface area contributed by atoms with Crippen LogP contribution < -0.4 is 5.69 Å². The predicted molar refractivity (Wildman–Crippen MR) is 62.3 cm³/mol. The fourth-order valence-electron chi connectivity index (χ4n) is 1.63. The molecule has 0 amide bonds. The number of H-pyrrole nitrogens is 2. The highest BCUT2D eigenvalue weighted by Gasteiger charge is 2.01. The van der Waals surface area contributed by atoms with Crippen LogP contribution in [0.5, 0.6) is 0 Å². The van der Waals surface area contributed by atoms with Gasteiger partial charge >= 0.3 is 5.69 Å². The third-order valence-corrected chi connectivity index (χ3v) is 2.60. The molecule has 0 aliphatic carbocycles. The lowest BCUT2D eigenvalue weighted by atomic mass is 10.1. The Morgan fingerprint density at radius 2 is 2.06 bits per heavy atom. The first-order valence-electron chi connectivity index (χ1n) is 5.19. The van der Waals surface area contributed by atoms with Crippen molar-refractivity contribution in [2.45, 2.75) is 6.42 Å². The molecule has 1 aromatic carbocycles. The number of fused-ring (bicyclic) bond motifs is 1. The van der Waals surface area contributed by atoms with E-state index >= 15 is 0 Å². The predicted octanol–water partition coefficient (Wildman–Crippen LogP) is 0.280. The molecule has 1 heterocycles. The number of aromatic nitrogens is 2. The Labute approximate surface area is 92.7 Å². The minimum atomic E-state index is -0.181. The van der Waals surface area contributed by atoms with E-state index in [-0.39, 0.29) is 12.4 Å². The van der Waals surface area contributed by atoms with Crippen LogP contribution in [0.4, 0.5) is 0 Å². The van der Waals surface area contributed by atoms with Gasteiger partial charge in [0.25, 0.3) is 0 Å². The molecule has 2 rings (SSSR count). The van der Waals surface area contributed by atoms with Crippen LogP contribution in [0.1, 0.15) is 5.56 Å². The van der Waals surface area contributed by atoms with E-state index in [4.69, 9.17) is 5.11 Å². The molecule has 0 spiro atoms. The zero-order chi connectivity index (χ0) is 11.5. The van der Waals surface area contributed by atoms with Gasteiger partial charge in [-0.1, -0.05) is 6.07 Å². The Morgan fingerprint density at radius 3 is 2.81 bits per heavy atom. The average Bonchev–Trinajstić information content (AvgIpc) is 2.65. The molecule has 0 unspecified atom stereocenters. The lowest BCUT2D eigenvalue weighted by molar-refractivity contribution is 0.134. The van der Waals surface area contributed by atoms with E-state index in [2.05, 4.69) is 9.97 Å². The summed E-state index contributed by atoms with van der Waals surface area (Å²) in [6, 6.07) is 5.83. The number of nitrogens with one attached hydrogen (secondary N) is 2. The Kier molecular flexibility index (Phi) is 3.07. The van der Waals surface area contributed by atoms with Gasteiger partial charge in [-0.3, -0.25) is 4.90 Å². The zero-order valence-electron chi connectivity index (χ0n) is 9.16. The molecule has 3 N–H and O–H groups in total. The third kappa shape index (κ3) is 2.32. The monoisotopic (exact) mass is 221 g/mol. The number of rotatable bonds is 4. The minimum Gasteiger partial charge on any atom is -0.381 e. The van der Waals surface area contributed by atoms with Crippen LogP contribution in [-0.2, 0) is 6.42 Å². The van der Waals surface area contributed by atoms with Crippen LogP contribution in [0.3, 0.4) is 0 Å². The normalized spacial score (nSPS) is 11.4. The van der Waals surface area contributed by atoms with Crippen LogP contribution in [0, 0.1) is 0 Å². The standard InChI is InChI=1S/C11H15N3O2/c1-14(7-15)5-4-8-2-3-9-10(6-8)13-11(16)12-9/h2-3,6,15H,4-5,7H2,1H3,(H2,12,13,16). The molecule has 1 aromatic heterocycles. The van der Waals surface area contributed by atoms with Gasteiger partial charge in [-0.25, -0.2) is 4.79 Å². The van der Waals surface area contributed by atoms with Crippen molar-refractivity contribution >= 4 is 11.0 Å². The van der Waals surface area contributed by atoms with Crippen molar-refractivity contribution < 1.29 is 5.11 Å². The lowest BCUT2D eigenvalue weighted by Gasteiger charge is -2.12. The number of hydrogen-bond acceptors (Lipinski definition) is 3. The molecule has 0 saturated carbocycles. The second-order valence-corrected chi connectivity index (χ2v) is 3.93. The molecule has 2 aromatic rings. The number of nitrogens with zero attached hydrogens (tertiary/aromatic N) is 1. The van der Waals surface area contributed by atoms with Crippen LogP contribution in [0.2, 0.25) is 0 Å². The van der Waals surface area contributed by atoms with Gasteiger partial charge in [0.2, 0.25) is 0 Å². The molecule has 0 aliphatic heterocycles. The Bertz CT molecular complexity index is 529. The summed E-state index contributed by atoms with van der Waals surface area (Å²) in [6.07, 6.45) is 0.847. The molecule has 0 saturated heterocycles. The summed E-state index contributed by atoms with van der Waals surface area (Å²) < 4.78 is 0. The number of aliphatic hydroxyl groups is 1. The maximum Gasteiger partial charge on any atom is 0.323 e. The Balaban J connectivity index is 2.16. The Hall–Kier alpha value is -1.59. The second kappa shape index (κ2) is 4.51. The number of hydrogen-bond donors (Lipinski definition) is 3. The maximum absolute atomic E-state index is 11.1. The number of benzene rings is 1. The van der Waals surface area contributed by atoms with E-state index < -0.39 is 0 Å². The first-order chi connectivity index (χ1) is 7.69. The highest BCUT2D eigenvalue weighted by atomic mass is 16.3. The van der Waals surface area contributed by atoms with Gasteiger partial charge in [-0.2, -0.15) is 0 Å². The molecule has 5 heteroatoms. The van der Waals surface area contributed by atoms with E-state index in [1.807, 2.05) is 30.1 Å². The van der Waals surface area contributed by atoms with Crippen molar-refractivity contribution in [3.8, 4) is 0 Å². The van der Waals surface area contributed by atoms with Crippen LogP contribution in [0.15, 0.2) is 23.0 Å². The molecular weight excluding hydrogens is 206 g/mol. The fourth-order valence-corrected chi connectivity index (χ4v) is 1.63. The molecule has 86 valence electrons. The Morgan fingerprint density at radius 1 is 1.31 bits per heavy atom. The maximum atomic E-state index is 11.1. The summed E-state index contributed by atoms with van der Waals surface area (Å²) in [5, 5.41) is 8.86. The van der Waals surface area contributed by atoms with Crippen molar-refractivity contribution in [3.63, 3.8) is 0 Å². The van der Waals surface area contributed by atoms with E-state index in [9.17, 15) is 4.79 Å². The van der Waals surface area contributed by atoms with Crippen LogP contribution in [0.25, 0.3) is 11.0 Å². The first-order valence-corrected chi connectivity index (χ1v) is 5.19. The van der Waals surface area contributed by atoms with E-state index in [1.165, 1.54) is 0 Å². The number of aliphatic hydroxyl groups excluding tert-OH is 1. The van der Waals surface area contributed by atoms with Gasteiger partial charge in [0.1, 0.15) is 0 Å². The van der Waals surface area contributed by atoms with Gasteiger partial charge in [-0.15, -0.1) is 0 Å². The molecule has 0 aliphatic rings. The smallest absolute Gasteiger partial charge is 0.323 e. The molecule has 0 fully saturated rings. The molecule has 16 heavy (non-hydrogen) atoms. The van der Waals surface area contributed by atoms with Crippen molar-refractivity contribution in [1.82, 2.24) is 14.9 Å². The summed E-state index contributed by atoms with van der Waals surface area (Å²) in [6.45, 7) is 0.847. The summed E-state index contributed by atoms with van der Waals surface area (Å²) in [5.41, 5.74) is 2.61. The SMILES string of the molecule is CN(CO)CCc1ccc2[nH]c(=O)[nH]c2c1. The summed E-state index contributed by atoms with van der Waals surface area (Å²) in [7, 11) is 1.86. The van der Waals surface area contributed by atoms with Gasteiger partial charge in [0.15, 0.2) is 0 Å². The fraction of sp³-hybridized carbons (Fsp3) is 0.364. The first kappa shape index (κ1) is 10.9. The quantitative estimate of drug-likeness (QED) is 0.649. The van der Waals surface area contributed by atoms with Crippen molar-refractivity contribution in [2.75, 3.05) is 20.3 Å². The van der Waals surface area contributed by atoms with Gasteiger partial charge in [0, 0.05) is 6.54 Å². The van der Waals surface area contributed by atoms with E-state index in [0.29, 0.717) is 0 Å². The summed E-state index contributed by atoms with van der Waals surface area (Å²) in [4.78, 5) is 18.3. The van der Waals surface area contributed by atoms with Gasteiger partial charge in [-0.05, 0) is 31.2 Å². The molecule has 0 radical (unpaired) electrons. The number of aromatic amines is 2. The average molecular weight is 221 g/mol. The van der Waals surface area contributed by atoms with E-state index in [1.54, 1.807) is 0 Å². The number of imidazole rings is 1. The zero-order valence-corrected chi connectivity index (χ0v) is 9.16. The number of likely N-dealkylation sites (N-methyl/N-ethyl adjacent to an activating group) is 1. The van der Waals surface area contributed by atoms with Gasteiger partial charge < -0.3 is 15.1 Å². The van der Waals surface area contributed by atoms with Crippen molar-refractivity contribution in [2.24, 2.45) is 0 Å². The highest BCUT2D eigenvalue weighted by molar-refractivity contribution is 5.74. The van der Waals surface area contributed by atoms with Crippen molar-refractivity contribution in [3.05, 3.63) is 34.2 Å². The molecule has 0 bridgehead atoms. The minimum absolute atomic E-state index is 0.0588. The molecule has 0 atom stereocenters. The van der Waals surface area contributed by atoms with Crippen molar-refractivity contribution in [1.29, 1.82) is 0 Å². The van der Waals surface area contributed by atoms with Gasteiger partial charge in [0.05, 0.1) is 17.8 Å². The second-order valence-electron chi connectivity index (χ2n) is 3.93. The summed E-state index contributed by atoms with van der Waals surface area (Å²) in [5.74, 6) is 0. The molecular formula is C11H15N3O2. The van der Waals surface area contributed by atoms with Crippen LogP contribution in [-0.4, -0.2) is 40.3 Å². The highest BCUT2D eigenvalue weighted by Crippen LogP contribution is 2.10. The molecule has 5 nitrogen and oxygen atoms in total. The van der Waals surface area contributed by atoms with Crippen LogP contribution >= 0.6 is 0 Å². The third-order valence-electron chi connectivity index (χ3n) is 2.60. The topological polar surface area (TPSA) is 72.1 Å². The largest absolute Gasteiger partial charge is 0.381 e. The summed E-state index contributed by atoms with van der Waals surface area (Å²) >= 11 is 0.